The molecule has 0 saturated heterocycles. The van der Waals surface area contributed by atoms with Crippen LogP contribution in [-0.2, 0) is 16.0 Å². The second kappa shape index (κ2) is 9.04. The average molecular weight is 423 g/mol. The molecule has 1 heterocycles. The van der Waals surface area contributed by atoms with Crippen LogP contribution in [0.3, 0.4) is 0 Å². The molecule has 1 N–H and O–H groups in total. The van der Waals surface area contributed by atoms with Crippen LogP contribution in [0.1, 0.15) is 31.9 Å². The van der Waals surface area contributed by atoms with Crippen LogP contribution in [0.5, 0.6) is 5.75 Å². The highest BCUT2D eigenvalue weighted by molar-refractivity contribution is 5.85. The first-order chi connectivity index (χ1) is 14.6. The Morgan fingerprint density at radius 2 is 1.77 bits per heavy atom. The zero-order valence-electron chi connectivity index (χ0n) is 17.9. The van der Waals surface area contributed by atoms with Crippen LogP contribution in [0.2, 0.25) is 0 Å². The van der Waals surface area contributed by atoms with Gasteiger partial charge in [-0.15, -0.1) is 0 Å². The number of rotatable bonds is 5. The Kier molecular flexibility index (Phi) is 6.44. The van der Waals surface area contributed by atoms with Crippen LogP contribution in [-0.4, -0.2) is 23.7 Å². The van der Waals surface area contributed by atoms with Crippen molar-refractivity contribution in [1.82, 2.24) is 5.32 Å². The fraction of sp³-hybridized carbons (Fsp3) is 0.292. The van der Waals surface area contributed by atoms with Crippen molar-refractivity contribution in [3.05, 3.63) is 76.1 Å². The lowest BCUT2D eigenvalue weighted by Crippen LogP contribution is -2.46. The highest BCUT2D eigenvalue weighted by Crippen LogP contribution is 2.23. The lowest BCUT2D eigenvalue weighted by molar-refractivity contribution is -0.136. The van der Waals surface area contributed by atoms with Gasteiger partial charge in [0.25, 0.3) is 0 Å². The third kappa shape index (κ3) is 6.18. The molecule has 2 aromatic carbocycles. The molecule has 0 radical (unpaired) electrons. The summed E-state index contributed by atoms with van der Waals surface area (Å²) in [7, 11) is 0. The molecule has 0 aliphatic rings. The van der Waals surface area contributed by atoms with Crippen molar-refractivity contribution in [2.75, 3.05) is 0 Å². The predicted octanol–water partition coefficient (Wildman–Crippen LogP) is 4.14. The van der Waals surface area contributed by atoms with E-state index in [0.717, 1.165) is 16.5 Å². The van der Waals surface area contributed by atoms with E-state index >= 15 is 0 Å². The van der Waals surface area contributed by atoms with E-state index in [9.17, 15) is 14.4 Å². The highest BCUT2D eigenvalue weighted by atomic mass is 16.6. The average Bonchev–Trinajstić information content (AvgIpc) is 2.66. The standard InChI is InChI=1S/C24H25NO6/c1-15-12-21(26)30-20-14-17(10-11-18(15)20)29-22(27)19(13-16-8-6-5-7-9-16)25-23(28)31-24(2,3)4/h5-12,14,19H,13H2,1-4H3,(H,25,28)/t19-/m1/s1. The largest absolute Gasteiger partial charge is 0.444 e. The molecule has 0 spiro atoms. The summed E-state index contributed by atoms with van der Waals surface area (Å²) in [6, 6.07) is 14.5. The molecule has 1 atom stereocenters. The monoisotopic (exact) mass is 423 g/mol. The first kappa shape index (κ1) is 22.1. The molecule has 7 nitrogen and oxygen atoms in total. The molecule has 0 aliphatic carbocycles. The Balaban J connectivity index is 1.82. The number of hydrogen-bond donors (Lipinski definition) is 1. The number of carbonyl (C=O) groups is 2. The number of hydrogen-bond acceptors (Lipinski definition) is 6. The maximum absolute atomic E-state index is 12.9. The third-order valence-electron chi connectivity index (χ3n) is 4.40. The molecule has 7 heteroatoms. The second-order valence-electron chi connectivity index (χ2n) is 8.22. The number of ether oxygens (including phenoxy) is 2. The summed E-state index contributed by atoms with van der Waals surface area (Å²) in [4.78, 5) is 36.8. The van der Waals surface area contributed by atoms with Gasteiger partial charge in [0.15, 0.2) is 0 Å². The minimum atomic E-state index is -0.975. The van der Waals surface area contributed by atoms with Gasteiger partial charge in [-0.05, 0) is 51.0 Å². The molecule has 0 fully saturated rings. The molecular weight excluding hydrogens is 398 g/mol. The van der Waals surface area contributed by atoms with Gasteiger partial charge < -0.3 is 19.2 Å². The van der Waals surface area contributed by atoms with Crippen LogP contribution in [0.25, 0.3) is 11.0 Å². The van der Waals surface area contributed by atoms with Gasteiger partial charge in [0.1, 0.15) is 23.0 Å². The minimum absolute atomic E-state index is 0.204. The van der Waals surface area contributed by atoms with Gasteiger partial charge in [-0.2, -0.15) is 0 Å². The summed E-state index contributed by atoms with van der Waals surface area (Å²) in [5.74, 6) is -0.459. The van der Waals surface area contributed by atoms with Crippen LogP contribution in [0.4, 0.5) is 4.79 Å². The first-order valence-corrected chi connectivity index (χ1v) is 9.90. The van der Waals surface area contributed by atoms with E-state index in [1.807, 2.05) is 30.3 Å². The highest BCUT2D eigenvalue weighted by Gasteiger charge is 2.26. The van der Waals surface area contributed by atoms with Crippen molar-refractivity contribution in [3.63, 3.8) is 0 Å². The fourth-order valence-corrected chi connectivity index (χ4v) is 3.05. The lowest BCUT2D eigenvalue weighted by atomic mass is 10.1. The van der Waals surface area contributed by atoms with E-state index in [-0.39, 0.29) is 12.2 Å². The zero-order valence-corrected chi connectivity index (χ0v) is 17.9. The van der Waals surface area contributed by atoms with E-state index < -0.39 is 29.3 Å². The Morgan fingerprint density at radius 3 is 2.45 bits per heavy atom. The maximum atomic E-state index is 12.9. The summed E-state index contributed by atoms with van der Waals surface area (Å²) in [5, 5.41) is 3.33. The lowest BCUT2D eigenvalue weighted by Gasteiger charge is -2.23. The number of amides is 1. The van der Waals surface area contributed by atoms with E-state index in [4.69, 9.17) is 13.9 Å². The van der Waals surface area contributed by atoms with Gasteiger partial charge in [-0.25, -0.2) is 14.4 Å². The van der Waals surface area contributed by atoms with Crippen LogP contribution in [0.15, 0.2) is 63.8 Å². The van der Waals surface area contributed by atoms with Gasteiger partial charge in [0, 0.05) is 23.9 Å². The smallest absolute Gasteiger partial charge is 0.408 e. The van der Waals surface area contributed by atoms with Gasteiger partial charge in [-0.3, -0.25) is 0 Å². The van der Waals surface area contributed by atoms with Crippen molar-refractivity contribution in [2.45, 2.75) is 45.8 Å². The SMILES string of the molecule is Cc1cc(=O)oc2cc(OC(=O)[C@@H](Cc3ccccc3)NC(=O)OC(C)(C)C)ccc12. The summed E-state index contributed by atoms with van der Waals surface area (Å²) < 4.78 is 16.0. The number of nitrogens with one attached hydrogen (secondary N) is 1. The van der Waals surface area contributed by atoms with E-state index in [0.29, 0.717) is 5.58 Å². The summed E-state index contributed by atoms with van der Waals surface area (Å²) in [6.45, 7) is 7.01. The summed E-state index contributed by atoms with van der Waals surface area (Å²) >= 11 is 0. The van der Waals surface area contributed by atoms with Gasteiger partial charge in [-0.1, -0.05) is 30.3 Å². The molecule has 0 saturated carbocycles. The normalized spacial score (nSPS) is 12.3. The van der Waals surface area contributed by atoms with Crippen LogP contribution in [0, 0.1) is 6.92 Å². The van der Waals surface area contributed by atoms with Gasteiger partial charge in [0.2, 0.25) is 0 Å². The number of aryl methyl sites for hydroxylation is 1. The first-order valence-electron chi connectivity index (χ1n) is 9.90. The molecule has 0 aliphatic heterocycles. The Morgan fingerprint density at radius 1 is 1.06 bits per heavy atom. The Hall–Kier alpha value is -3.61. The Labute approximate surface area is 180 Å². The van der Waals surface area contributed by atoms with Crippen molar-refractivity contribution < 1.29 is 23.5 Å². The number of carbonyl (C=O) groups excluding carboxylic acids is 2. The van der Waals surface area contributed by atoms with Crippen LogP contribution < -0.4 is 15.7 Å². The Bertz CT molecular complexity index is 1140. The minimum Gasteiger partial charge on any atom is -0.444 e. The molecular formula is C24H25NO6. The maximum Gasteiger partial charge on any atom is 0.408 e. The van der Waals surface area contributed by atoms with Gasteiger partial charge >= 0.3 is 17.7 Å². The molecule has 31 heavy (non-hydrogen) atoms. The van der Waals surface area contributed by atoms with E-state index in [2.05, 4.69) is 5.32 Å². The molecule has 1 amide bonds. The van der Waals surface area contributed by atoms with Crippen LogP contribution >= 0.6 is 0 Å². The zero-order chi connectivity index (χ0) is 22.6. The predicted molar refractivity (Wildman–Crippen MR) is 116 cm³/mol. The number of fused-ring (bicyclic) bond motifs is 1. The molecule has 3 aromatic rings. The molecule has 3 rings (SSSR count). The summed E-state index contributed by atoms with van der Waals surface area (Å²) in [6.07, 6.45) is -0.494. The van der Waals surface area contributed by atoms with Gasteiger partial charge in [0.05, 0.1) is 0 Å². The number of alkyl carbamates (subject to hydrolysis) is 1. The van der Waals surface area contributed by atoms with E-state index in [1.165, 1.54) is 12.1 Å². The van der Waals surface area contributed by atoms with Crippen molar-refractivity contribution in [3.8, 4) is 5.75 Å². The number of esters is 1. The molecule has 0 bridgehead atoms. The van der Waals surface area contributed by atoms with E-state index in [1.54, 1.807) is 39.8 Å². The molecule has 162 valence electrons. The van der Waals surface area contributed by atoms with Crippen molar-refractivity contribution in [2.24, 2.45) is 0 Å². The topological polar surface area (TPSA) is 94.8 Å². The van der Waals surface area contributed by atoms with Crippen molar-refractivity contribution >= 4 is 23.0 Å². The third-order valence-corrected chi connectivity index (χ3v) is 4.40. The van der Waals surface area contributed by atoms with Crippen molar-refractivity contribution in [1.29, 1.82) is 0 Å². The quantitative estimate of drug-likeness (QED) is 0.376. The second-order valence-corrected chi connectivity index (χ2v) is 8.22. The number of benzene rings is 2. The fourth-order valence-electron chi connectivity index (χ4n) is 3.05. The molecule has 1 aromatic heterocycles. The summed E-state index contributed by atoms with van der Waals surface area (Å²) in [5.41, 5.74) is 0.731. The molecule has 0 unspecified atom stereocenters.